The summed E-state index contributed by atoms with van der Waals surface area (Å²) in [5, 5.41) is 3.32. The van der Waals surface area contributed by atoms with Crippen LogP contribution in [0.25, 0.3) is 0 Å². The number of halogens is 2. The zero-order valence-electron chi connectivity index (χ0n) is 8.80. The zero-order valence-corrected chi connectivity index (χ0v) is 11.1. The Kier molecular flexibility index (Phi) is 5.95. The highest BCUT2D eigenvalue weighted by atomic mass is 35.5. The van der Waals surface area contributed by atoms with Gasteiger partial charge in [-0.2, -0.15) is 11.8 Å². The SMILES string of the molecule is CSCCCNC(=O)c1nc(Cl)ccc1Cl. The summed E-state index contributed by atoms with van der Waals surface area (Å²) in [4.78, 5) is 15.5. The fraction of sp³-hybridized carbons (Fsp3) is 0.400. The topological polar surface area (TPSA) is 42.0 Å². The Morgan fingerprint density at radius 1 is 1.50 bits per heavy atom. The summed E-state index contributed by atoms with van der Waals surface area (Å²) < 4.78 is 0. The Labute approximate surface area is 109 Å². The normalized spacial score (nSPS) is 10.2. The van der Waals surface area contributed by atoms with Gasteiger partial charge in [-0.05, 0) is 30.6 Å². The van der Waals surface area contributed by atoms with E-state index in [1.54, 1.807) is 23.9 Å². The number of hydrogen-bond donors (Lipinski definition) is 1. The van der Waals surface area contributed by atoms with Crippen molar-refractivity contribution in [2.45, 2.75) is 6.42 Å². The Bertz CT molecular complexity index is 374. The monoisotopic (exact) mass is 278 g/mol. The maximum atomic E-state index is 11.7. The van der Waals surface area contributed by atoms with Gasteiger partial charge in [0.2, 0.25) is 0 Å². The molecule has 1 heterocycles. The van der Waals surface area contributed by atoms with E-state index in [0.717, 1.165) is 12.2 Å². The van der Waals surface area contributed by atoms with Crippen LogP contribution in [0, 0.1) is 0 Å². The molecule has 0 aliphatic carbocycles. The highest BCUT2D eigenvalue weighted by Crippen LogP contribution is 2.16. The molecule has 0 radical (unpaired) electrons. The molecule has 1 aromatic rings. The Balaban J connectivity index is 2.55. The van der Waals surface area contributed by atoms with Crippen LogP contribution in [0.1, 0.15) is 16.9 Å². The quantitative estimate of drug-likeness (QED) is 0.665. The minimum absolute atomic E-state index is 0.179. The van der Waals surface area contributed by atoms with Gasteiger partial charge in [0.1, 0.15) is 10.8 Å². The summed E-state index contributed by atoms with van der Waals surface area (Å²) in [5.41, 5.74) is 0.179. The van der Waals surface area contributed by atoms with Crippen LogP contribution in [0.4, 0.5) is 0 Å². The fourth-order valence-electron chi connectivity index (χ4n) is 1.08. The van der Waals surface area contributed by atoms with Gasteiger partial charge in [-0.1, -0.05) is 23.2 Å². The summed E-state index contributed by atoms with van der Waals surface area (Å²) in [7, 11) is 0. The molecule has 88 valence electrons. The van der Waals surface area contributed by atoms with Crippen molar-refractivity contribution in [1.82, 2.24) is 10.3 Å². The van der Waals surface area contributed by atoms with Crippen molar-refractivity contribution in [3.63, 3.8) is 0 Å². The largest absolute Gasteiger partial charge is 0.351 e. The van der Waals surface area contributed by atoms with E-state index in [0.29, 0.717) is 11.6 Å². The van der Waals surface area contributed by atoms with Crippen molar-refractivity contribution in [3.05, 3.63) is 28.0 Å². The van der Waals surface area contributed by atoms with Crippen molar-refractivity contribution in [2.75, 3.05) is 18.6 Å². The lowest BCUT2D eigenvalue weighted by Gasteiger charge is -2.05. The average molecular weight is 279 g/mol. The number of pyridine rings is 1. The van der Waals surface area contributed by atoms with Gasteiger partial charge in [-0.25, -0.2) is 4.98 Å². The van der Waals surface area contributed by atoms with Gasteiger partial charge in [-0.3, -0.25) is 4.79 Å². The van der Waals surface area contributed by atoms with Gasteiger partial charge in [0.05, 0.1) is 5.02 Å². The first-order valence-corrected chi connectivity index (χ1v) is 6.89. The van der Waals surface area contributed by atoms with Gasteiger partial charge in [-0.15, -0.1) is 0 Å². The summed E-state index contributed by atoms with van der Waals surface area (Å²) in [5.74, 6) is 0.727. The van der Waals surface area contributed by atoms with Crippen molar-refractivity contribution >= 4 is 40.9 Å². The van der Waals surface area contributed by atoms with E-state index in [1.165, 1.54) is 0 Å². The molecule has 0 unspecified atom stereocenters. The molecule has 0 saturated carbocycles. The standard InChI is InChI=1S/C10H12Cl2N2OS/c1-16-6-2-5-13-10(15)9-7(11)3-4-8(12)14-9/h3-4H,2,5-6H2,1H3,(H,13,15). The third kappa shape index (κ3) is 4.20. The molecular weight excluding hydrogens is 267 g/mol. The van der Waals surface area contributed by atoms with Crippen LogP contribution in [-0.2, 0) is 0 Å². The Hall–Kier alpha value is -0.450. The van der Waals surface area contributed by atoms with Crippen LogP contribution < -0.4 is 5.32 Å². The molecule has 6 heteroatoms. The maximum absolute atomic E-state index is 11.7. The third-order valence-electron chi connectivity index (χ3n) is 1.84. The summed E-state index contributed by atoms with van der Waals surface area (Å²) >= 11 is 13.3. The van der Waals surface area contributed by atoms with E-state index < -0.39 is 0 Å². The van der Waals surface area contributed by atoms with Gasteiger partial charge in [0, 0.05) is 6.54 Å². The highest BCUT2D eigenvalue weighted by molar-refractivity contribution is 7.98. The molecule has 1 rings (SSSR count). The molecule has 1 N–H and O–H groups in total. The molecule has 1 aromatic heterocycles. The minimum Gasteiger partial charge on any atom is -0.351 e. The average Bonchev–Trinajstić information content (AvgIpc) is 2.27. The number of nitrogens with one attached hydrogen (secondary N) is 1. The van der Waals surface area contributed by atoms with E-state index in [-0.39, 0.29) is 16.8 Å². The minimum atomic E-state index is -0.284. The maximum Gasteiger partial charge on any atom is 0.271 e. The number of thioether (sulfide) groups is 1. The highest BCUT2D eigenvalue weighted by Gasteiger charge is 2.11. The van der Waals surface area contributed by atoms with Crippen molar-refractivity contribution in [2.24, 2.45) is 0 Å². The molecular formula is C10H12Cl2N2OS. The fourth-order valence-corrected chi connectivity index (χ4v) is 1.85. The van der Waals surface area contributed by atoms with E-state index >= 15 is 0 Å². The zero-order chi connectivity index (χ0) is 12.0. The first-order valence-electron chi connectivity index (χ1n) is 4.74. The predicted octanol–water partition coefficient (Wildman–Crippen LogP) is 2.87. The molecule has 0 saturated heterocycles. The van der Waals surface area contributed by atoms with Crippen LogP contribution in [0.3, 0.4) is 0 Å². The molecule has 1 amide bonds. The summed E-state index contributed by atoms with van der Waals surface area (Å²) in [6, 6.07) is 3.11. The van der Waals surface area contributed by atoms with Gasteiger partial charge >= 0.3 is 0 Å². The number of hydrogen-bond acceptors (Lipinski definition) is 3. The first-order chi connectivity index (χ1) is 7.65. The van der Waals surface area contributed by atoms with Gasteiger partial charge in [0.15, 0.2) is 0 Å². The molecule has 0 fully saturated rings. The predicted molar refractivity (Wildman–Crippen MR) is 69.6 cm³/mol. The first kappa shape index (κ1) is 13.6. The Morgan fingerprint density at radius 2 is 2.25 bits per heavy atom. The lowest BCUT2D eigenvalue weighted by atomic mass is 10.3. The molecule has 0 aliphatic rings. The van der Waals surface area contributed by atoms with Crippen LogP contribution in [0.15, 0.2) is 12.1 Å². The lowest BCUT2D eigenvalue weighted by molar-refractivity contribution is 0.0949. The number of nitrogens with zero attached hydrogens (tertiary/aromatic N) is 1. The van der Waals surface area contributed by atoms with Crippen LogP contribution in [0.5, 0.6) is 0 Å². The molecule has 0 bridgehead atoms. The van der Waals surface area contributed by atoms with Crippen molar-refractivity contribution < 1.29 is 4.79 Å². The van der Waals surface area contributed by atoms with Gasteiger partial charge < -0.3 is 5.32 Å². The number of amides is 1. The molecule has 0 spiro atoms. The molecule has 16 heavy (non-hydrogen) atoms. The molecule has 3 nitrogen and oxygen atoms in total. The van der Waals surface area contributed by atoms with E-state index in [4.69, 9.17) is 23.2 Å². The summed E-state index contributed by atoms with van der Waals surface area (Å²) in [6.45, 7) is 0.615. The second-order valence-corrected chi connectivity index (χ2v) is 4.85. The number of rotatable bonds is 5. The summed E-state index contributed by atoms with van der Waals surface area (Å²) in [6.07, 6.45) is 2.95. The molecule has 0 atom stereocenters. The lowest BCUT2D eigenvalue weighted by Crippen LogP contribution is -2.26. The van der Waals surface area contributed by atoms with E-state index in [2.05, 4.69) is 10.3 Å². The van der Waals surface area contributed by atoms with Crippen LogP contribution >= 0.6 is 35.0 Å². The van der Waals surface area contributed by atoms with E-state index in [1.807, 2.05) is 6.26 Å². The van der Waals surface area contributed by atoms with Crippen LogP contribution in [-0.4, -0.2) is 29.4 Å². The molecule has 0 aliphatic heterocycles. The molecule has 0 aromatic carbocycles. The number of carbonyl (C=O) groups excluding carboxylic acids is 1. The number of carbonyl (C=O) groups is 1. The number of aromatic nitrogens is 1. The second kappa shape index (κ2) is 6.99. The van der Waals surface area contributed by atoms with Crippen molar-refractivity contribution in [3.8, 4) is 0 Å². The second-order valence-electron chi connectivity index (χ2n) is 3.07. The van der Waals surface area contributed by atoms with Crippen molar-refractivity contribution in [1.29, 1.82) is 0 Å². The smallest absolute Gasteiger partial charge is 0.271 e. The third-order valence-corrected chi connectivity index (χ3v) is 3.05. The van der Waals surface area contributed by atoms with E-state index in [9.17, 15) is 4.79 Å². The Morgan fingerprint density at radius 3 is 2.94 bits per heavy atom. The van der Waals surface area contributed by atoms with Crippen LogP contribution in [0.2, 0.25) is 10.2 Å². The van der Waals surface area contributed by atoms with Gasteiger partial charge in [0.25, 0.3) is 5.91 Å².